The van der Waals surface area contributed by atoms with Crippen molar-refractivity contribution in [3.8, 4) is 0 Å². The number of H-pyrrole nitrogens is 1. The fourth-order valence-electron chi connectivity index (χ4n) is 1.42. The quantitative estimate of drug-likeness (QED) is 0.788. The highest BCUT2D eigenvalue weighted by atomic mass is 32.2. The largest absolute Gasteiger partial charge is 0.392 e. The van der Waals surface area contributed by atoms with E-state index in [0.717, 1.165) is 11.8 Å². The van der Waals surface area contributed by atoms with Gasteiger partial charge in [-0.05, 0) is 35.5 Å². The first-order valence-electron chi connectivity index (χ1n) is 5.25. The molecule has 0 radical (unpaired) electrons. The van der Waals surface area contributed by atoms with Crippen LogP contribution in [-0.4, -0.2) is 19.9 Å². The van der Waals surface area contributed by atoms with E-state index in [2.05, 4.69) is 10.1 Å². The van der Waals surface area contributed by atoms with E-state index >= 15 is 0 Å². The molecule has 19 heavy (non-hydrogen) atoms. The molecule has 6 nitrogen and oxygen atoms in total. The minimum absolute atomic E-state index is 0.242. The lowest BCUT2D eigenvalue weighted by atomic mass is 10.2. The zero-order valence-corrected chi connectivity index (χ0v) is 10.7. The van der Waals surface area contributed by atoms with E-state index in [-0.39, 0.29) is 11.8 Å². The molecule has 0 amide bonds. The molecule has 0 unspecified atom stereocenters. The van der Waals surface area contributed by atoms with Crippen LogP contribution in [0.25, 0.3) is 0 Å². The number of nitrogens with one attached hydrogen (secondary N) is 1. The summed E-state index contributed by atoms with van der Waals surface area (Å²) >= 11 is 1.05. The maximum absolute atomic E-state index is 13.0. The van der Waals surface area contributed by atoms with Gasteiger partial charge in [-0.3, -0.25) is 19.4 Å². The van der Waals surface area contributed by atoms with E-state index in [4.69, 9.17) is 5.11 Å². The molecule has 2 aromatic rings. The molecule has 0 fully saturated rings. The maximum Gasteiger partial charge on any atom is 0.339 e. The summed E-state index contributed by atoms with van der Waals surface area (Å²) in [5, 5.41) is 11.7. The third-order valence-corrected chi connectivity index (χ3v) is 3.51. The van der Waals surface area contributed by atoms with Crippen molar-refractivity contribution < 1.29 is 9.50 Å². The second kappa shape index (κ2) is 5.37. The Kier molecular flexibility index (Phi) is 3.82. The number of aliphatic hydroxyl groups is 1. The van der Waals surface area contributed by atoms with E-state index in [1.54, 1.807) is 0 Å². The topological polar surface area (TPSA) is 88.0 Å². The Labute approximate surface area is 110 Å². The molecule has 2 N–H and O–H groups in total. The van der Waals surface area contributed by atoms with Crippen molar-refractivity contribution in [2.75, 3.05) is 0 Å². The number of nitrogens with zero attached hydrogens (tertiary/aromatic N) is 2. The summed E-state index contributed by atoms with van der Waals surface area (Å²) in [6.07, 6.45) is 0. The fraction of sp³-hybridized carbons (Fsp3) is 0.182. The first-order chi connectivity index (χ1) is 9.01. The highest BCUT2D eigenvalue weighted by molar-refractivity contribution is 7.99. The van der Waals surface area contributed by atoms with Crippen LogP contribution < -0.4 is 11.1 Å². The Balaban J connectivity index is 2.44. The Morgan fingerprint density at radius 2 is 2.21 bits per heavy atom. The van der Waals surface area contributed by atoms with Gasteiger partial charge in [0.25, 0.3) is 0 Å². The van der Waals surface area contributed by atoms with Crippen LogP contribution in [0.4, 0.5) is 4.39 Å². The number of benzene rings is 1. The van der Waals surface area contributed by atoms with Gasteiger partial charge in [-0.15, -0.1) is 0 Å². The van der Waals surface area contributed by atoms with Crippen LogP contribution >= 0.6 is 11.8 Å². The second-order valence-electron chi connectivity index (χ2n) is 3.71. The molecule has 0 atom stereocenters. The van der Waals surface area contributed by atoms with Crippen molar-refractivity contribution in [1.29, 1.82) is 0 Å². The minimum Gasteiger partial charge on any atom is -0.392 e. The lowest BCUT2D eigenvalue weighted by molar-refractivity contribution is 0.278. The predicted molar refractivity (Wildman–Crippen MR) is 66.5 cm³/mol. The van der Waals surface area contributed by atoms with E-state index < -0.39 is 16.9 Å². The summed E-state index contributed by atoms with van der Waals surface area (Å²) in [6.45, 7) is -0.336. The smallest absolute Gasteiger partial charge is 0.339 e. The van der Waals surface area contributed by atoms with Crippen molar-refractivity contribution in [1.82, 2.24) is 14.8 Å². The van der Waals surface area contributed by atoms with Crippen LogP contribution in [0.2, 0.25) is 0 Å². The molecule has 0 saturated carbocycles. The molecule has 0 saturated heterocycles. The van der Waals surface area contributed by atoms with Crippen molar-refractivity contribution >= 4 is 11.8 Å². The van der Waals surface area contributed by atoms with Crippen molar-refractivity contribution in [3.05, 3.63) is 50.3 Å². The number of rotatable bonds is 3. The number of aromatic nitrogens is 3. The summed E-state index contributed by atoms with van der Waals surface area (Å²) in [5.74, 6) is -0.461. The SMILES string of the molecule is Cn1[nH]c(=O)c(=O)nc1Sc1ccc(F)cc1CO. The Morgan fingerprint density at radius 3 is 2.89 bits per heavy atom. The number of aliphatic hydroxyl groups excluding tert-OH is 1. The third kappa shape index (κ3) is 2.91. The Bertz CT molecular complexity index is 726. The monoisotopic (exact) mass is 283 g/mol. The van der Waals surface area contributed by atoms with Crippen LogP contribution in [0.3, 0.4) is 0 Å². The van der Waals surface area contributed by atoms with Gasteiger partial charge in [0.05, 0.1) is 6.61 Å². The first kappa shape index (κ1) is 13.5. The van der Waals surface area contributed by atoms with Crippen LogP contribution in [0.5, 0.6) is 0 Å². The van der Waals surface area contributed by atoms with Gasteiger partial charge in [0.15, 0.2) is 5.16 Å². The van der Waals surface area contributed by atoms with Gasteiger partial charge in [-0.25, -0.2) is 4.39 Å². The molecule has 1 heterocycles. The van der Waals surface area contributed by atoms with Crippen LogP contribution in [0.15, 0.2) is 37.8 Å². The predicted octanol–water partition coefficient (Wildman–Crippen LogP) is 0.251. The van der Waals surface area contributed by atoms with Gasteiger partial charge < -0.3 is 5.11 Å². The minimum atomic E-state index is -0.895. The molecule has 100 valence electrons. The van der Waals surface area contributed by atoms with Gasteiger partial charge in [0.2, 0.25) is 0 Å². The van der Waals surface area contributed by atoms with Crippen LogP contribution in [0, 0.1) is 5.82 Å². The number of hydrogen-bond donors (Lipinski definition) is 2. The molecule has 1 aromatic carbocycles. The molecular weight excluding hydrogens is 273 g/mol. The van der Waals surface area contributed by atoms with Crippen LogP contribution in [0.1, 0.15) is 5.56 Å². The fourth-order valence-corrected chi connectivity index (χ4v) is 2.32. The Hall–Kier alpha value is -1.93. The highest BCUT2D eigenvalue weighted by Gasteiger charge is 2.10. The lowest BCUT2D eigenvalue weighted by Crippen LogP contribution is -2.33. The molecule has 0 aliphatic heterocycles. The van der Waals surface area contributed by atoms with Gasteiger partial charge >= 0.3 is 11.1 Å². The van der Waals surface area contributed by atoms with Crippen molar-refractivity contribution in [2.45, 2.75) is 16.7 Å². The third-order valence-electron chi connectivity index (χ3n) is 2.34. The van der Waals surface area contributed by atoms with Crippen molar-refractivity contribution in [2.24, 2.45) is 7.05 Å². The van der Waals surface area contributed by atoms with E-state index in [1.165, 1.54) is 29.9 Å². The molecule has 1 aromatic heterocycles. The lowest BCUT2D eigenvalue weighted by Gasteiger charge is -2.08. The van der Waals surface area contributed by atoms with E-state index in [0.29, 0.717) is 10.5 Å². The average Bonchev–Trinajstić information content (AvgIpc) is 2.37. The summed E-state index contributed by atoms with van der Waals surface area (Å²) in [5.41, 5.74) is -1.33. The van der Waals surface area contributed by atoms with Crippen molar-refractivity contribution in [3.63, 3.8) is 0 Å². The molecule has 2 rings (SSSR count). The molecular formula is C11H10FN3O3S. The number of hydrogen-bond acceptors (Lipinski definition) is 5. The van der Waals surface area contributed by atoms with E-state index in [9.17, 15) is 14.0 Å². The summed E-state index contributed by atoms with van der Waals surface area (Å²) < 4.78 is 14.3. The summed E-state index contributed by atoms with van der Waals surface area (Å²) in [7, 11) is 1.53. The second-order valence-corrected chi connectivity index (χ2v) is 4.72. The zero-order valence-electron chi connectivity index (χ0n) is 9.88. The molecule has 0 aliphatic rings. The standard InChI is InChI=1S/C11H10FN3O3S/c1-15-11(13-9(17)10(18)14-15)19-8-3-2-7(12)4-6(8)5-16/h2-4,16H,5H2,1H3,(H,14,18). The molecule has 0 spiro atoms. The van der Waals surface area contributed by atoms with Gasteiger partial charge in [0.1, 0.15) is 5.82 Å². The molecule has 0 bridgehead atoms. The van der Waals surface area contributed by atoms with E-state index in [1.807, 2.05) is 0 Å². The average molecular weight is 283 g/mol. The zero-order chi connectivity index (χ0) is 14.0. The van der Waals surface area contributed by atoms with Gasteiger partial charge in [0, 0.05) is 11.9 Å². The normalized spacial score (nSPS) is 10.7. The number of aryl methyl sites for hydroxylation is 1. The van der Waals surface area contributed by atoms with Gasteiger partial charge in [-0.1, -0.05) is 0 Å². The highest BCUT2D eigenvalue weighted by Crippen LogP contribution is 2.28. The van der Waals surface area contributed by atoms with Crippen LogP contribution in [-0.2, 0) is 13.7 Å². The first-order valence-corrected chi connectivity index (χ1v) is 6.07. The number of aromatic amines is 1. The summed E-state index contributed by atoms with van der Waals surface area (Å²) in [4.78, 5) is 26.4. The Morgan fingerprint density at radius 1 is 1.47 bits per heavy atom. The summed E-state index contributed by atoms with van der Waals surface area (Å²) in [6, 6.07) is 3.92. The van der Waals surface area contributed by atoms with Gasteiger partial charge in [-0.2, -0.15) is 4.98 Å². The molecule has 0 aliphatic carbocycles. The molecule has 8 heteroatoms. The maximum atomic E-state index is 13.0. The number of halogens is 1.